The predicted octanol–water partition coefficient (Wildman–Crippen LogP) is 1.98. The molecule has 0 spiro atoms. The molecule has 102 valence electrons. The molecule has 0 unspecified atom stereocenters. The van der Waals surface area contributed by atoms with Crippen LogP contribution in [-0.2, 0) is 23.5 Å². The van der Waals surface area contributed by atoms with Crippen LogP contribution in [0.2, 0.25) is 0 Å². The molecule has 0 atom stereocenters. The summed E-state index contributed by atoms with van der Waals surface area (Å²) in [5, 5.41) is 12.9. The van der Waals surface area contributed by atoms with E-state index < -0.39 is 5.97 Å². The van der Waals surface area contributed by atoms with E-state index in [1.54, 1.807) is 18.1 Å². The van der Waals surface area contributed by atoms with Gasteiger partial charge in [0.15, 0.2) is 4.34 Å². The number of hydrogen-bond acceptors (Lipinski definition) is 6. The van der Waals surface area contributed by atoms with Gasteiger partial charge in [-0.3, -0.25) is 4.79 Å². The lowest BCUT2D eigenvalue weighted by molar-refractivity contribution is -0.136. The number of thiazole rings is 1. The minimum absolute atomic E-state index is 0.0369. The molecular weight excluding hydrogens is 284 g/mol. The second kappa shape index (κ2) is 6.16. The zero-order valence-electron chi connectivity index (χ0n) is 10.7. The molecule has 6 nitrogen and oxygen atoms in total. The monoisotopic (exact) mass is 298 g/mol. The molecule has 2 heterocycles. The summed E-state index contributed by atoms with van der Waals surface area (Å²) in [5.74, 6) is 0.766. The molecule has 0 saturated carbocycles. The van der Waals surface area contributed by atoms with Gasteiger partial charge >= 0.3 is 5.97 Å². The van der Waals surface area contributed by atoms with Crippen molar-refractivity contribution in [3.05, 3.63) is 22.7 Å². The van der Waals surface area contributed by atoms with Gasteiger partial charge in [0.25, 0.3) is 0 Å². The van der Waals surface area contributed by atoms with Gasteiger partial charge < -0.3 is 5.11 Å². The van der Waals surface area contributed by atoms with E-state index in [1.165, 1.54) is 11.3 Å². The number of carboxylic acid groups (broad SMARTS) is 1. The van der Waals surface area contributed by atoms with Crippen molar-refractivity contribution in [3.8, 4) is 0 Å². The van der Waals surface area contributed by atoms with Crippen LogP contribution < -0.4 is 0 Å². The van der Waals surface area contributed by atoms with E-state index in [-0.39, 0.29) is 6.42 Å². The molecule has 0 bridgehead atoms. The molecule has 2 aromatic heterocycles. The van der Waals surface area contributed by atoms with Gasteiger partial charge in [0.1, 0.15) is 12.2 Å². The van der Waals surface area contributed by atoms with Crippen LogP contribution in [-0.4, -0.2) is 30.8 Å². The largest absolute Gasteiger partial charge is 0.481 e. The summed E-state index contributed by atoms with van der Waals surface area (Å²) in [5.41, 5.74) is 0.798. The van der Waals surface area contributed by atoms with Crippen molar-refractivity contribution in [1.29, 1.82) is 0 Å². The Morgan fingerprint density at radius 3 is 3.05 bits per heavy atom. The van der Waals surface area contributed by atoms with Gasteiger partial charge in [0.05, 0.1) is 17.9 Å². The van der Waals surface area contributed by atoms with Crippen molar-refractivity contribution >= 4 is 29.1 Å². The number of aromatic nitrogens is 4. The maximum Gasteiger partial charge on any atom is 0.308 e. The molecule has 0 amide bonds. The number of carbonyl (C=O) groups is 1. The molecule has 0 saturated heterocycles. The first-order chi connectivity index (χ1) is 9.10. The maximum absolute atomic E-state index is 10.7. The molecule has 1 N–H and O–H groups in total. The lowest BCUT2D eigenvalue weighted by Crippen LogP contribution is -2.01. The van der Waals surface area contributed by atoms with Crippen LogP contribution in [0, 0.1) is 6.92 Å². The normalized spacial score (nSPS) is 10.8. The fraction of sp³-hybridized carbons (Fsp3) is 0.455. The van der Waals surface area contributed by atoms with Gasteiger partial charge in [-0.25, -0.2) is 14.6 Å². The van der Waals surface area contributed by atoms with E-state index in [1.807, 2.05) is 18.5 Å². The van der Waals surface area contributed by atoms with Crippen molar-refractivity contribution in [2.45, 2.75) is 36.9 Å². The minimum Gasteiger partial charge on any atom is -0.481 e. The topological polar surface area (TPSA) is 80.9 Å². The van der Waals surface area contributed by atoms with Crippen LogP contribution >= 0.6 is 23.1 Å². The SMILES string of the molecule is CCn1ncnc1CSc1nc(C)c(CC(=O)O)s1. The highest BCUT2D eigenvalue weighted by Crippen LogP contribution is 2.29. The highest BCUT2D eigenvalue weighted by Gasteiger charge is 2.12. The van der Waals surface area contributed by atoms with Gasteiger partial charge in [-0.1, -0.05) is 11.8 Å². The molecule has 0 aromatic carbocycles. The lowest BCUT2D eigenvalue weighted by atomic mass is 10.3. The van der Waals surface area contributed by atoms with E-state index in [4.69, 9.17) is 5.11 Å². The van der Waals surface area contributed by atoms with Crippen LogP contribution in [0.1, 0.15) is 23.3 Å². The first kappa shape index (κ1) is 14.0. The summed E-state index contributed by atoms with van der Waals surface area (Å²) < 4.78 is 2.71. The van der Waals surface area contributed by atoms with Crippen LogP contribution in [0.4, 0.5) is 0 Å². The Morgan fingerprint density at radius 1 is 1.58 bits per heavy atom. The molecule has 0 radical (unpaired) electrons. The predicted molar refractivity (Wildman–Crippen MR) is 73.4 cm³/mol. The van der Waals surface area contributed by atoms with Crippen molar-refractivity contribution in [2.24, 2.45) is 0 Å². The van der Waals surface area contributed by atoms with Crippen LogP contribution in [0.5, 0.6) is 0 Å². The standard InChI is InChI=1S/C11H14N4O2S2/c1-3-15-9(12-6-13-15)5-18-11-14-7(2)8(19-11)4-10(16)17/h6H,3-5H2,1-2H3,(H,16,17). The quantitative estimate of drug-likeness (QED) is 0.821. The van der Waals surface area contributed by atoms with Gasteiger partial charge in [-0.05, 0) is 13.8 Å². The Balaban J connectivity index is 2.02. The summed E-state index contributed by atoms with van der Waals surface area (Å²) in [6, 6.07) is 0. The lowest BCUT2D eigenvalue weighted by Gasteiger charge is -2.00. The van der Waals surface area contributed by atoms with E-state index >= 15 is 0 Å². The molecule has 19 heavy (non-hydrogen) atoms. The number of rotatable bonds is 6. The van der Waals surface area contributed by atoms with Crippen molar-refractivity contribution in [1.82, 2.24) is 19.7 Å². The Hall–Kier alpha value is -1.41. The summed E-state index contributed by atoms with van der Waals surface area (Å²) in [4.78, 5) is 20.1. The second-order valence-electron chi connectivity index (χ2n) is 3.84. The number of nitrogens with zero attached hydrogens (tertiary/aromatic N) is 4. The van der Waals surface area contributed by atoms with Gasteiger partial charge in [-0.15, -0.1) is 11.3 Å². The molecular formula is C11H14N4O2S2. The zero-order valence-corrected chi connectivity index (χ0v) is 12.3. The third-order valence-corrected chi connectivity index (χ3v) is 4.80. The fourth-order valence-corrected chi connectivity index (χ4v) is 3.73. The molecule has 0 aliphatic carbocycles. The summed E-state index contributed by atoms with van der Waals surface area (Å²) in [6.45, 7) is 4.64. The summed E-state index contributed by atoms with van der Waals surface area (Å²) in [6.07, 6.45) is 1.58. The van der Waals surface area contributed by atoms with E-state index in [9.17, 15) is 4.79 Å². The van der Waals surface area contributed by atoms with Crippen molar-refractivity contribution in [2.75, 3.05) is 0 Å². The Morgan fingerprint density at radius 2 is 2.37 bits per heavy atom. The Bertz CT molecular complexity index is 579. The molecule has 0 aliphatic rings. The van der Waals surface area contributed by atoms with Crippen LogP contribution in [0.3, 0.4) is 0 Å². The molecule has 2 rings (SSSR count). The molecule has 8 heteroatoms. The molecule has 0 aliphatic heterocycles. The summed E-state index contributed by atoms with van der Waals surface area (Å²) >= 11 is 3.00. The number of aliphatic carboxylic acids is 1. The number of hydrogen-bond donors (Lipinski definition) is 1. The third kappa shape index (κ3) is 3.54. The molecule has 2 aromatic rings. The van der Waals surface area contributed by atoms with Gasteiger partial charge in [0, 0.05) is 11.4 Å². The fourth-order valence-electron chi connectivity index (χ4n) is 1.55. The van der Waals surface area contributed by atoms with Gasteiger partial charge in [-0.2, -0.15) is 5.10 Å². The van der Waals surface area contributed by atoms with E-state index in [0.29, 0.717) is 5.75 Å². The van der Waals surface area contributed by atoms with Gasteiger partial charge in [0.2, 0.25) is 0 Å². The van der Waals surface area contributed by atoms with Crippen LogP contribution in [0.15, 0.2) is 10.7 Å². The smallest absolute Gasteiger partial charge is 0.308 e. The number of aryl methyl sites for hydroxylation is 2. The first-order valence-electron chi connectivity index (χ1n) is 5.77. The number of carboxylic acids is 1. The summed E-state index contributed by atoms with van der Waals surface area (Å²) in [7, 11) is 0. The van der Waals surface area contributed by atoms with Crippen molar-refractivity contribution in [3.63, 3.8) is 0 Å². The highest BCUT2D eigenvalue weighted by atomic mass is 32.2. The average Bonchev–Trinajstić information content (AvgIpc) is 2.93. The first-order valence-corrected chi connectivity index (χ1v) is 7.58. The Kier molecular flexibility index (Phi) is 4.54. The highest BCUT2D eigenvalue weighted by molar-refractivity contribution is 8.00. The Labute approximate surface area is 118 Å². The average molecular weight is 298 g/mol. The van der Waals surface area contributed by atoms with E-state index in [0.717, 1.165) is 27.3 Å². The maximum atomic E-state index is 10.7. The molecule has 0 fully saturated rings. The van der Waals surface area contributed by atoms with Crippen molar-refractivity contribution < 1.29 is 9.90 Å². The minimum atomic E-state index is -0.825. The third-order valence-electron chi connectivity index (χ3n) is 2.50. The van der Waals surface area contributed by atoms with Crippen LogP contribution in [0.25, 0.3) is 0 Å². The zero-order chi connectivity index (χ0) is 13.8. The number of thioether (sulfide) groups is 1. The van der Waals surface area contributed by atoms with E-state index in [2.05, 4.69) is 15.1 Å². The second-order valence-corrected chi connectivity index (χ2v) is 6.15.